The largest absolute Gasteiger partial charge is 0.481 e. The highest BCUT2D eigenvalue weighted by Gasteiger charge is 2.05. The maximum atomic E-state index is 10.4. The summed E-state index contributed by atoms with van der Waals surface area (Å²) in [6.45, 7) is 2.46. The summed E-state index contributed by atoms with van der Waals surface area (Å²) in [5, 5.41) is 26.0. The van der Waals surface area contributed by atoms with E-state index in [-0.39, 0.29) is 19.4 Å². The average molecular weight is 289 g/mol. The number of hydrogen-bond donors (Lipinski definition) is 3. The fraction of sp³-hybridized carbons (Fsp3) is 0.857. The monoisotopic (exact) mass is 289 g/mol. The molecule has 0 unspecified atom stereocenters. The van der Waals surface area contributed by atoms with Crippen molar-refractivity contribution in [2.45, 2.75) is 51.4 Å². The van der Waals surface area contributed by atoms with Crippen molar-refractivity contribution in [3.8, 4) is 0 Å². The fourth-order valence-corrected chi connectivity index (χ4v) is 2.05. The van der Waals surface area contributed by atoms with Crippen LogP contribution in [0, 0.1) is 0 Å². The SMILES string of the molecule is O=C(O)CCCCCN(CCO)CCCCCC(=O)O. The molecule has 0 aliphatic carbocycles. The van der Waals surface area contributed by atoms with E-state index in [1.54, 1.807) is 0 Å². The Labute approximate surface area is 120 Å². The number of carbonyl (C=O) groups is 2. The molecule has 0 bridgehead atoms. The second-order valence-electron chi connectivity index (χ2n) is 4.97. The van der Waals surface area contributed by atoms with Crippen molar-refractivity contribution < 1.29 is 24.9 Å². The maximum Gasteiger partial charge on any atom is 0.303 e. The molecule has 0 saturated carbocycles. The zero-order valence-corrected chi connectivity index (χ0v) is 12.1. The van der Waals surface area contributed by atoms with Gasteiger partial charge in [0.05, 0.1) is 6.61 Å². The minimum Gasteiger partial charge on any atom is -0.481 e. The molecule has 0 radical (unpaired) electrons. The highest BCUT2D eigenvalue weighted by molar-refractivity contribution is 5.66. The quantitative estimate of drug-likeness (QED) is 0.420. The Bertz CT molecular complexity index is 246. The van der Waals surface area contributed by atoms with E-state index in [1.807, 2.05) is 0 Å². The van der Waals surface area contributed by atoms with Gasteiger partial charge in [-0.3, -0.25) is 9.59 Å². The Hall–Kier alpha value is -1.14. The molecular formula is C14H27NO5. The number of nitrogens with zero attached hydrogens (tertiary/aromatic N) is 1. The second-order valence-corrected chi connectivity index (χ2v) is 4.97. The minimum atomic E-state index is -0.754. The topological polar surface area (TPSA) is 98.1 Å². The summed E-state index contributed by atoms with van der Waals surface area (Å²) in [6, 6.07) is 0. The molecule has 0 aromatic heterocycles. The van der Waals surface area contributed by atoms with Crippen molar-refractivity contribution in [2.24, 2.45) is 0 Å². The van der Waals surface area contributed by atoms with E-state index in [9.17, 15) is 9.59 Å². The van der Waals surface area contributed by atoms with Gasteiger partial charge >= 0.3 is 11.9 Å². The van der Waals surface area contributed by atoms with Gasteiger partial charge in [0.25, 0.3) is 0 Å². The molecule has 0 atom stereocenters. The van der Waals surface area contributed by atoms with E-state index in [0.717, 1.165) is 38.8 Å². The Morgan fingerprint density at radius 2 is 1.15 bits per heavy atom. The predicted molar refractivity (Wildman–Crippen MR) is 75.7 cm³/mol. The smallest absolute Gasteiger partial charge is 0.303 e. The molecule has 0 saturated heterocycles. The number of carboxylic acids is 2. The standard InChI is InChI=1S/C14H27NO5/c16-12-11-15(9-5-1-3-7-13(17)18)10-6-2-4-8-14(19)20/h16H,1-12H2,(H,17,18)(H,19,20). The lowest BCUT2D eigenvalue weighted by Gasteiger charge is -2.21. The number of carboxylic acid groups (broad SMARTS) is 2. The molecule has 0 aromatic carbocycles. The number of rotatable bonds is 14. The van der Waals surface area contributed by atoms with Gasteiger partial charge in [0, 0.05) is 19.4 Å². The molecule has 0 fully saturated rings. The van der Waals surface area contributed by atoms with Gasteiger partial charge in [-0.15, -0.1) is 0 Å². The van der Waals surface area contributed by atoms with Crippen LogP contribution < -0.4 is 0 Å². The number of aliphatic carboxylic acids is 2. The van der Waals surface area contributed by atoms with Crippen LogP contribution in [0.1, 0.15) is 51.4 Å². The minimum absolute atomic E-state index is 0.115. The normalized spacial score (nSPS) is 10.9. The lowest BCUT2D eigenvalue weighted by Crippen LogP contribution is -2.29. The second kappa shape index (κ2) is 12.9. The van der Waals surface area contributed by atoms with Crippen LogP contribution in [0.5, 0.6) is 0 Å². The van der Waals surface area contributed by atoms with E-state index >= 15 is 0 Å². The first kappa shape index (κ1) is 18.9. The molecular weight excluding hydrogens is 262 g/mol. The summed E-state index contributed by atoms with van der Waals surface area (Å²) in [5.74, 6) is -1.51. The van der Waals surface area contributed by atoms with Crippen LogP contribution in [0.25, 0.3) is 0 Å². The summed E-state index contributed by atoms with van der Waals surface area (Å²) >= 11 is 0. The molecule has 20 heavy (non-hydrogen) atoms. The highest BCUT2D eigenvalue weighted by Crippen LogP contribution is 2.05. The van der Waals surface area contributed by atoms with Crippen molar-refractivity contribution >= 4 is 11.9 Å². The Kier molecular flexibility index (Phi) is 12.1. The zero-order chi connectivity index (χ0) is 15.2. The van der Waals surface area contributed by atoms with Crippen molar-refractivity contribution in [3.05, 3.63) is 0 Å². The molecule has 0 aliphatic rings. The van der Waals surface area contributed by atoms with Gasteiger partial charge in [0.1, 0.15) is 0 Å². The third-order valence-corrected chi connectivity index (χ3v) is 3.15. The Balaban J connectivity index is 3.59. The van der Waals surface area contributed by atoms with Gasteiger partial charge in [-0.2, -0.15) is 0 Å². The first-order valence-corrected chi connectivity index (χ1v) is 7.33. The molecule has 118 valence electrons. The van der Waals surface area contributed by atoms with Gasteiger partial charge in [-0.1, -0.05) is 12.8 Å². The molecule has 0 aliphatic heterocycles. The van der Waals surface area contributed by atoms with Crippen LogP contribution in [-0.2, 0) is 9.59 Å². The lowest BCUT2D eigenvalue weighted by atomic mass is 10.1. The summed E-state index contributed by atoms with van der Waals surface area (Å²) in [4.78, 5) is 22.9. The Morgan fingerprint density at radius 3 is 1.50 bits per heavy atom. The van der Waals surface area contributed by atoms with E-state index in [4.69, 9.17) is 15.3 Å². The zero-order valence-electron chi connectivity index (χ0n) is 12.1. The number of unbranched alkanes of at least 4 members (excludes halogenated alkanes) is 4. The van der Waals surface area contributed by atoms with E-state index in [1.165, 1.54) is 0 Å². The molecule has 0 amide bonds. The van der Waals surface area contributed by atoms with Crippen molar-refractivity contribution in [1.29, 1.82) is 0 Å². The molecule has 0 rings (SSSR count). The van der Waals surface area contributed by atoms with E-state index in [2.05, 4.69) is 4.90 Å². The maximum absolute atomic E-state index is 10.4. The Morgan fingerprint density at radius 1 is 0.700 bits per heavy atom. The molecule has 0 spiro atoms. The summed E-state index contributed by atoms with van der Waals surface area (Å²) in [6.07, 6.45) is 5.46. The van der Waals surface area contributed by atoms with Gasteiger partial charge in [0.15, 0.2) is 0 Å². The van der Waals surface area contributed by atoms with Gasteiger partial charge in [0.2, 0.25) is 0 Å². The number of aliphatic hydroxyl groups is 1. The molecule has 0 heterocycles. The fourth-order valence-electron chi connectivity index (χ4n) is 2.05. The summed E-state index contributed by atoms with van der Waals surface area (Å²) in [7, 11) is 0. The summed E-state index contributed by atoms with van der Waals surface area (Å²) in [5.41, 5.74) is 0. The number of hydrogen-bond acceptors (Lipinski definition) is 4. The molecule has 6 heteroatoms. The van der Waals surface area contributed by atoms with Gasteiger partial charge in [-0.25, -0.2) is 0 Å². The van der Waals surface area contributed by atoms with Crippen LogP contribution in [0.4, 0.5) is 0 Å². The number of aliphatic hydroxyl groups excluding tert-OH is 1. The van der Waals surface area contributed by atoms with E-state index in [0.29, 0.717) is 19.4 Å². The van der Waals surface area contributed by atoms with Crippen LogP contribution in [0.3, 0.4) is 0 Å². The van der Waals surface area contributed by atoms with Crippen LogP contribution in [0.15, 0.2) is 0 Å². The van der Waals surface area contributed by atoms with Crippen LogP contribution >= 0.6 is 0 Å². The third-order valence-electron chi connectivity index (χ3n) is 3.15. The van der Waals surface area contributed by atoms with Gasteiger partial charge < -0.3 is 20.2 Å². The lowest BCUT2D eigenvalue weighted by molar-refractivity contribution is -0.138. The first-order chi connectivity index (χ1) is 9.56. The van der Waals surface area contributed by atoms with Crippen molar-refractivity contribution in [1.82, 2.24) is 4.90 Å². The molecule has 3 N–H and O–H groups in total. The third kappa shape index (κ3) is 13.3. The van der Waals surface area contributed by atoms with Gasteiger partial charge in [-0.05, 0) is 38.8 Å². The molecule has 0 aromatic rings. The van der Waals surface area contributed by atoms with Crippen molar-refractivity contribution in [3.63, 3.8) is 0 Å². The molecule has 6 nitrogen and oxygen atoms in total. The first-order valence-electron chi connectivity index (χ1n) is 7.33. The average Bonchev–Trinajstić information content (AvgIpc) is 2.37. The van der Waals surface area contributed by atoms with Crippen LogP contribution in [0.2, 0.25) is 0 Å². The van der Waals surface area contributed by atoms with Crippen molar-refractivity contribution in [2.75, 3.05) is 26.2 Å². The summed E-state index contributed by atoms with van der Waals surface area (Å²) < 4.78 is 0. The van der Waals surface area contributed by atoms with E-state index < -0.39 is 11.9 Å². The van der Waals surface area contributed by atoms with Crippen LogP contribution in [-0.4, -0.2) is 58.4 Å². The highest BCUT2D eigenvalue weighted by atomic mass is 16.4. The predicted octanol–water partition coefficient (Wildman–Crippen LogP) is 1.57.